The monoisotopic (exact) mass is 194 g/mol. The van der Waals surface area contributed by atoms with Crippen molar-refractivity contribution in [1.82, 2.24) is 9.78 Å². The number of aliphatic hydroxyl groups is 1. The zero-order valence-electron chi connectivity index (χ0n) is 8.90. The molecule has 3 nitrogen and oxygen atoms in total. The lowest BCUT2D eigenvalue weighted by molar-refractivity contribution is 0.176. The number of aromatic nitrogens is 2. The first-order valence-corrected chi connectivity index (χ1v) is 4.98. The maximum atomic E-state index is 9.60. The Balaban J connectivity index is 2.65. The second-order valence-electron chi connectivity index (χ2n) is 3.49. The summed E-state index contributed by atoms with van der Waals surface area (Å²) < 4.78 is 1.84. The fraction of sp³-hybridized carbons (Fsp3) is 0.545. The predicted octanol–water partition coefficient (Wildman–Crippen LogP) is 1.46. The van der Waals surface area contributed by atoms with Crippen molar-refractivity contribution in [3.63, 3.8) is 0 Å². The van der Waals surface area contributed by atoms with Crippen LogP contribution in [0, 0.1) is 0 Å². The van der Waals surface area contributed by atoms with E-state index in [0.29, 0.717) is 12.8 Å². The summed E-state index contributed by atoms with van der Waals surface area (Å²) in [4.78, 5) is 0. The van der Waals surface area contributed by atoms with Crippen LogP contribution < -0.4 is 0 Å². The third kappa shape index (κ3) is 2.70. The molecule has 1 heterocycles. The molecule has 1 unspecified atom stereocenters. The van der Waals surface area contributed by atoms with E-state index in [0.717, 1.165) is 17.8 Å². The van der Waals surface area contributed by atoms with Crippen molar-refractivity contribution in [2.75, 3.05) is 0 Å². The lowest BCUT2D eigenvalue weighted by Gasteiger charge is -2.07. The highest BCUT2D eigenvalue weighted by Gasteiger charge is 2.08. The van der Waals surface area contributed by atoms with Crippen LogP contribution in [0.4, 0.5) is 0 Å². The van der Waals surface area contributed by atoms with Crippen LogP contribution in [0.3, 0.4) is 0 Å². The van der Waals surface area contributed by atoms with Gasteiger partial charge in [-0.1, -0.05) is 13.0 Å². The summed E-state index contributed by atoms with van der Waals surface area (Å²) in [5.74, 6) is 0. The third-order valence-electron chi connectivity index (χ3n) is 2.27. The van der Waals surface area contributed by atoms with Gasteiger partial charge in [0.1, 0.15) is 0 Å². The molecule has 78 valence electrons. The number of rotatable bonds is 5. The van der Waals surface area contributed by atoms with Gasteiger partial charge in [0.2, 0.25) is 0 Å². The standard InChI is InChI=1S/C11H18N2O/c1-4-6-11(14)8-10-7-9(5-2)12-13(10)3/h4,7,11,14H,1,5-6,8H2,2-3H3. The van der Waals surface area contributed by atoms with Crippen molar-refractivity contribution < 1.29 is 5.11 Å². The van der Waals surface area contributed by atoms with E-state index in [9.17, 15) is 5.11 Å². The van der Waals surface area contributed by atoms with E-state index in [2.05, 4.69) is 18.6 Å². The number of nitrogens with zero attached hydrogens (tertiary/aromatic N) is 2. The van der Waals surface area contributed by atoms with Crippen LogP contribution in [-0.4, -0.2) is 21.0 Å². The molecule has 1 atom stereocenters. The van der Waals surface area contributed by atoms with E-state index in [4.69, 9.17) is 0 Å². The molecule has 0 saturated heterocycles. The number of aliphatic hydroxyl groups excluding tert-OH is 1. The van der Waals surface area contributed by atoms with Gasteiger partial charge in [0.05, 0.1) is 11.8 Å². The van der Waals surface area contributed by atoms with Crippen LogP contribution in [0.25, 0.3) is 0 Å². The van der Waals surface area contributed by atoms with Crippen LogP contribution in [0.15, 0.2) is 18.7 Å². The predicted molar refractivity (Wildman–Crippen MR) is 57.1 cm³/mol. The molecule has 1 aromatic heterocycles. The number of aryl methyl sites for hydroxylation is 2. The fourth-order valence-electron chi connectivity index (χ4n) is 1.45. The summed E-state index contributed by atoms with van der Waals surface area (Å²) in [5.41, 5.74) is 2.16. The Bertz CT molecular complexity index is 304. The zero-order valence-corrected chi connectivity index (χ0v) is 8.90. The van der Waals surface area contributed by atoms with Crippen LogP contribution in [0.2, 0.25) is 0 Å². The summed E-state index contributed by atoms with van der Waals surface area (Å²) in [6, 6.07) is 2.05. The Morgan fingerprint density at radius 2 is 2.43 bits per heavy atom. The summed E-state index contributed by atoms with van der Waals surface area (Å²) in [6.07, 6.45) is 3.61. The van der Waals surface area contributed by atoms with E-state index >= 15 is 0 Å². The Labute approximate surface area is 85.1 Å². The molecule has 0 amide bonds. The van der Waals surface area contributed by atoms with Gasteiger partial charge in [-0.15, -0.1) is 6.58 Å². The van der Waals surface area contributed by atoms with Gasteiger partial charge in [0.25, 0.3) is 0 Å². The Morgan fingerprint density at radius 3 is 2.93 bits per heavy atom. The molecule has 1 aromatic rings. The van der Waals surface area contributed by atoms with Gasteiger partial charge < -0.3 is 5.11 Å². The zero-order chi connectivity index (χ0) is 10.6. The molecular weight excluding hydrogens is 176 g/mol. The minimum Gasteiger partial charge on any atom is -0.392 e. The van der Waals surface area contributed by atoms with Crippen molar-refractivity contribution in [2.24, 2.45) is 7.05 Å². The molecule has 0 radical (unpaired) electrons. The average Bonchev–Trinajstić information content (AvgIpc) is 2.48. The summed E-state index contributed by atoms with van der Waals surface area (Å²) in [7, 11) is 1.91. The largest absolute Gasteiger partial charge is 0.392 e. The van der Waals surface area contributed by atoms with Gasteiger partial charge in [0.15, 0.2) is 0 Å². The minimum atomic E-state index is -0.340. The first kappa shape index (κ1) is 11.0. The lowest BCUT2D eigenvalue weighted by atomic mass is 10.1. The Kier molecular flexibility index (Phi) is 3.89. The first-order valence-electron chi connectivity index (χ1n) is 4.98. The molecule has 0 spiro atoms. The molecule has 0 saturated carbocycles. The van der Waals surface area contributed by atoms with Gasteiger partial charge >= 0.3 is 0 Å². The van der Waals surface area contributed by atoms with E-state index in [1.54, 1.807) is 6.08 Å². The third-order valence-corrected chi connectivity index (χ3v) is 2.27. The molecule has 0 aliphatic rings. The molecule has 1 N–H and O–H groups in total. The molecule has 0 aliphatic heterocycles. The molecular formula is C11H18N2O. The van der Waals surface area contributed by atoms with Crippen LogP contribution >= 0.6 is 0 Å². The molecule has 14 heavy (non-hydrogen) atoms. The van der Waals surface area contributed by atoms with Crippen molar-refractivity contribution in [2.45, 2.75) is 32.3 Å². The van der Waals surface area contributed by atoms with Crippen LogP contribution in [0.5, 0.6) is 0 Å². The fourth-order valence-corrected chi connectivity index (χ4v) is 1.45. The van der Waals surface area contributed by atoms with E-state index in [1.165, 1.54) is 0 Å². The first-order chi connectivity index (χ1) is 6.67. The smallest absolute Gasteiger partial charge is 0.0629 e. The highest BCUT2D eigenvalue weighted by atomic mass is 16.3. The quantitative estimate of drug-likeness (QED) is 0.721. The van der Waals surface area contributed by atoms with E-state index in [1.807, 2.05) is 17.8 Å². The second-order valence-corrected chi connectivity index (χ2v) is 3.49. The minimum absolute atomic E-state index is 0.340. The van der Waals surface area contributed by atoms with Crippen LogP contribution in [0.1, 0.15) is 24.7 Å². The molecule has 0 bridgehead atoms. The SMILES string of the molecule is C=CCC(O)Cc1cc(CC)nn1C. The number of hydrogen-bond acceptors (Lipinski definition) is 2. The summed E-state index contributed by atoms with van der Waals surface area (Å²) in [5, 5.41) is 13.9. The van der Waals surface area contributed by atoms with Crippen molar-refractivity contribution >= 4 is 0 Å². The Morgan fingerprint density at radius 1 is 1.71 bits per heavy atom. The number of hydrogen-bond donors (Lipinski definition) is 1. The van der Waals surface area contributed by atoms with E-state index < -0.39 is 0 Å². The van der Waals surface area contributed by atoms with Gasteiger partial charge in [-0.3, -0.25) is 4.68 Å². The van der Waals surface area contributed by atoms with Crippen molar-refractivity contribution in [1.29, 1.82) is 0 Å². The molecule has 1 rings (SSSR count). The normalized spacial score (nSPS) is 12.8. The molecule has 0 aliphatic carbocycles. The lowest BCUT2D eigenvalue weighted by Crippen LogP contribution is -2.12. The van der Waals surface area contributed by atoms with Crippen molar-refractivity contribution in [3.05, 3.63) is 30.1 Å². The average molecular weight is 194 g/mol. The summed E-state index contributed by atoms with van der Waals surface area (Å²) in [6.45, 7) is 5.68. The maximum Gasteiger partial charge on any atom is 0.0629 e. The van der Waals surface area contributed by atoms with Gasteiger partial charge in [0, 0.05) is 19.2 Å². The van der Waals surface area contributed by atoms with Crippen LogP contribution in [-0.2, 0) is 19.9 Å². The van der Waals surface area contributed by atoms with Gasteiger partial charge in [-0.05, 0) is 18.9 Å². The molecule has 3 heteroatoms. The second kappa shape index (κ2) is 4.96. The molecule has 0 aromatic carbocycles. The summed E-state index contributed by atoms with van der Waals surface area (Å²) >= 11 is 0. The highest BCUT2D eigenvalue weighted by Crippen LogP contribution is 2.08. The molecule has 0 fully saturated rings. The maximum absolute atomic E-state index is 9.60. The topological polar surface area (TPSA) is 38.1 Å². The van der Waals surface area contributed by atoms with Crippen molar-refractivity contribution in [3.8, 4) is 0 Å². The van der Waals surface area contributed by atoms with Gasteiger partial charge in [-0.25, -0.2) is 0 Å². The Hall–Kier alpha value is -1.09. The highest BCUT2D eigenvalue weighted by molar-refractivity contribution is 5.11. The van der Waals surface area contributed by atoms with E-state index in [-0.39, 0.29) is 6.10 Å². The van der Waals surface area contributed by atoms with Gasteiger partial charge in [-0.2, -0.15) is 5.10 Å².